The lowest BCUT2D eigenvalue weighted by molar-refractivity contribution is 0.0577. The Bertz CT molecular complexity index is 1900. The minimum Gasteiger partial charge on any atom is -0.459 e. The molecule has 49 heavy (non-hydrogen) atoms. The third-order valence-corrected chi connectivity index (χ3v) is 10.3. The Morgan fingerprint density at radius 3 is 2.45 bits per heavy atom. The summed E-state index contributed by atoms with van der Waals surface area (Å²) < 4.78 is 29.3. The van der Waals surface area contributed by atoms with Crippen molar-refractivity contribution in [2.24, 2.45) is 4.36 Å². The maximum Gasteiger partial charge on any atom is 0.291 e. The summed E-state index contributed by atoms with van der Waals surface area (Å²) in [6.45, 7) is 7.99. The number of amides is 2. The molecule has 3 heterocycles. The Morgan fingerprint density at radius 2 is 1.71 bits per heavy atom. The van der Waals surface area contributed by atoms with Gasteiger partial charge in [-0.25, -0.2) is 4.21 Å². The van der Waals surface area contributed by atoms with Crippen molar-refractivity contribution in [1.29, 1.82) is 0 Å². The number of benzene rings is 2. The number of nitrogens with zero attached hydrogens (tertiary/aromatic N) is 4. The molecule has 11 nitrogen and oxygen atoms in total. The van der Waals surface area contributed by atoms with E-state index in [1.807, 2.05) is 12.1 Å². The standard InChI is InChI=1S/C37H41N5O6S/c1-29-13-21-48-35(29)37(45)39-33-8-5-7-30(26-33)11-12-31-25-32(28-38-27-31)36(44)40-49(46,34-9-3-2-4-10-34)24-6-14-41-15-17-42(18-16-41)19-22-47-23-20-43/h2-5,7-10,13,21,25-28,43H,6,14-20,22-24H2,1H3,(H,39,45)/t49-/m0/s1. The molecule has 0 radical (unpaired) electrons. The Hall–Kier alpha value is -4.64. The molecule has 0 aliphatic carbocycles. The summed E-state index contributed by atoms with van der Waals surface area (Å²) in [5.41, 5.74) is 2.64. The van der Waals surface area contributed by atoms with Crippen LogP contribution in [0, 0.1) is 18.8 Å². The van der Waals surface area contributed by atoms with Gasteiger partial charge in [-0.2, -0.15) is 4.36 Å². The molecule has 2 aromatic carbocycles. The van der Waals surface area contributed by atoms with Crippen molar-refractivity contribution in [2.75, 3.05) is 70.2 Å². The monoisotopic (exact) mass is 683 g/mol. The Balaban J connectivity index is 1.23. The van der Waals surface area contributed by atoms with Gasteiger partial charge < -0.3 is 24.5 Å². The van der Waals surface area contributed by atoms with Crippen LogP contribution in [-0.2, 0) is 14.5 Å². The number of ether oxygens (including phenoxy) is 1. The molecule has 0 bridgehead atoms. The fourth-order valence-electron chi connectivity index (χ4n) is 5.35. The molecule has 1 atom stereocenters. The van der Waals surface area contributed by atoms with Crippen molar-refractivity contribution in [2.45, 2.75) is 18.2 Å². The summed E-state index contributed by atoms with van der Waals surface area (Å²) in [4.78, 5) is 35.4. The summed E-state index contributed by atoms with van der Waals surface area (Å²) >= 11 is 0. The average Bonchev–Trinajstić information content (AvgIpc) is 3.56. The van der Waals surface area contributed by atoms with Gasteiger partial charge in [-0.1, -0.05) is 36.1 Å². The number of pyridine rings is 1. The van der Waals surface area contributed by atoms with Crippen molar-refractivity contribution >= 4 is 27.2 Å². The topological polar surface area (TPSA) is 138 Å². The van der Waals surface area contributed by atoms with Crippen molar-refractivity contribution in [3.8, 4) is 11.8 Å². The van der Waals surface area contributed by atoms with E-state index in [1.165, 1.54) is 12.5 Å². The van der Waals surface area contributed by atoms with E-state index >= 15 is 0 Å². The maximum atomic E-state index is 14.3. The molecule has 1 aliphatic rings. The van der Waals surface area contributed by atoms with E-state index in [1.54, 1.807) is 67.7 Å². The molecule has 256 valence electrons. The zero-order chi connectivity index (χ0) is 34.5. The molecular weight excluding hydrogens is 643 g/mol. The van der Waals surface area contributed by atoms with Crippen LogP contribution in [0.4, 0.5) is 5.69 Å². The maximum absolute atomic E-state index is 14.3. The van der Waals surface area contributed by atoms with E-state index in [0.717, 1.165) is 44.8 Å². The number of aliphatic hydroxyl groups is 1. The number of piperazine rings is 1. The minimum absolute atomic E-state index is 0.0315. The first-order valence-electron chi connectivity index (χ1n) is 16.2. The van der Waals surface area contributed by atoms with E-state index < -0.39 is 15.6 Å². The summed E-state index contributed by atoms with van der Waals surface area (Å²) in [6.07, 6.45) is 5.04. The predicted molar refractivity (Wildman–Crippen MR) is 188 cm³/mol. The molecule has 2 N–H and O–H groups in total. The van der Waals surface area contributed by atoms with Gasteiger partial charge in [0.2, 0.25) is 0 Å². The van der Waals surface area contributed by atoms with Gasteiger partial charge in [-0.15, -0.1) is 0 Å². The number of carbonyl (C=O) groups is 2. The number of nitrogens with one attached hydrogen (secondary N) is 1. The molecule has 5 rings (SSSR count). The number of hydrogen-bond acceptors (Lipinski definition) is 9. The lowest BCUT2D eigenvalue weighted by Gasteiger charge is -2.34. The van der Waals surface area contributed by atoms with E-state index in [0.29, 0.717) is 41.3 Å². The second-order valence-electron chi connectivity index (χ2n) is 11.6. The van der Waals surface area contributed by atoms with E-state index in [-0.39, 0.29) is 29.6 Å². The third-order valence-electron chi connectivity index (χ3n) is 8.01. The summed E-state index contributed by atoms with van der Waals surface area (Å²) in [5.74, 6) is 5.61. The Kier molecular flexibility index (Phi) is 12.9. The molecule has 1 aliphatic heterocycles. The largest absolute Gasteiger partial charge is 0.459 e. The third kappa shape index (κ3) is 10.4. The second-order valence-corrected chi connectivity index (χ2v) is 13.9. The fourth-order valence-corrected chi connectivity index (χ4v) is 7.26. The first-order chi connectivity index (χ1) is 23.8. The Labute approximate surface area is 287 Å². The highest BCUT2D eigenvalue weighted by molar-refractivity contribution is 7.94. The molecule has 4 aromatic rings. The van der Waals surface area contributed by atoms with Gasteiger partial charge in [-0.05, 0) is 62.4 Å². The van der Waals surface area contributed by atoms with Gasteiger partial charge in [-0.3, -0.25) is 19.5 Å². The molecule has 0 saturated carbocycles. The van der Waals surface area contributed by atoms with Crippen LogP contribution in [0.25, 0.3) is 0 Å². The van der Waals surface area contributed by atoms with Crippen LogP contribution in [-0.4, -0.2) is 101 Å². The average molecular weight is 684 g/mol. The summed E-state index contributed by atoms with van der Waals surface area (Å²) in [6, 6.07) is 19.4. The zero-order valence-corrected chi connectivity index (χ0v) is 28.4. The summed E-state index contributed by atoms with van der Waals surface area (Å²) in [7, 11) is -3.05. The van der Waals surface area contributed by atoms with Crippen molar-refractivity contribution < 1.29 is 28.1 Å². The van der Waals surface area contributed by atoms with Crippen LogP contribution in [0.15, 0.2) is 99.1 Å². The number of carbonyl (C=O) groups excluding carboxylic acids is 2. The van der Waals surface area contributed by atoms with Gasteiger partial charge in [0.05, 0.1) is 41.4 Å². The number of rotatable bonds is 13. The number of aryl methyl sites for hydroxylation is 1. The van der Waals surface area contributed by atoms with Gasteiger partial charge in [0.25, 0.3) is 11.8 Å². The number of aromatic nitrogens is 1. The molecule has 2 amide bonds. The predicted octanol–water partition coefficient (Wildman–Crippen LogP) is 4.32. The number of aliphatic hydroxyl groups excluding tert-OH is 1. The van der Waals surface area contributed by atoms with E-state index in [9.17, 15) is 13.8 Å². The van der Waals surface area contributed by atoms with Gasteiger partial charge in [0, 0.05) is 78.1 Å². The van der Waals surface area contributed by atoms with Gasteiger partial charge in [0.1, 0.15) is 0 Å². The van der Waals surface area contributed by atoms with Crippen LogP contribution in [0.2, 0.25) is 0 Å². The lowest BCUT2D eigenvalue weighted by Crippen LogP contribution is -2.47. The van der Waals surface area contributed by atoms with Crippen molar-refractivity contribution in [3.63, 3.8) is 0 Å². The molecular formula is C37H41N5O6S. The highest BCUT2D eigenvalue weighted by atomic mass is 32.2. The highest BCUT2D eigenvalue weighted by Gasteiger charge is 2.20. The van der Waals surface area contributed by atoms with Crippen molar-refractivity contribution in [3.05, 3.63) is 113 Å². The number of hydrogen-bond donors (Lipinski definition) is 2. The molecule has 0 spiro atoms. The van der Waals surface area contributed by atoms with Crippen molar-refractivity contribution in [1.82, 2.24) is 14.8 Å². The fraction of sp³-hybridized carbons (Fsp3) is 0.324. The second kappa shape index (κ2) is 17.7. The van der Waals surface area contributed by atoms with Gasteiger partial charge >= 0.3 is 0 Å². The molecule has 2 aromatic heterocycles. The summed E-state index contributed by atoms with van der Waals surface area (Å²) in [5, 5.41) is 11.7. The molecule has 1 fully saturated rings. The first-order valence-corrected chi connectivity index (χ1v) is 17.9. The normalized spacial score (nSPS) is 14.7. The number of anilines is 1. The van der Waals surface area contributed by atoms with Crippen LogP contribution >= 0.6 is 0 Å². The zero-order valence-electron chi connectivity index (χ0n) is 27.5. The van der Waals surface area contributed by atoms with E-state index in [2.05, 4.69) is 36.3 Å². The molecule has 1 saturated heterocycles. The van der Waals surface area contributed by atoms with Crippen LogP contribution in [0.3, 0.4) is 0 Å². The van der Waals surface area contributed by atoms with Gasteiger partial charge in [0.15, 0.2) is 5.76 Å². The highest BCUT2D eigenvalue weighted by Crippen LogP contribution is 2.18. The van der Waals surface area contributed by atoms with Crippen LogP contribution in [0.1, 0.15) is 44.0 Å². The minimum atomic E-state index is -3.05. The van der Waals surface area contributed by atoms with Crippen LogP contribution in [0.5, 0.6) is 0 Å². The Morgan fingerprint density at radius 1 is 0.959 bits per heavy atom. The first kappa shape index (κ1) is 35.7. The smallest absolute Gasteiger partial charge is 0.291 e. The lowest BCUT2D eigenvalue weighted by atomic mass is 10.1. The molecule has 12 heteroatoms. The number of furan rings is 1. The quantitative estimate of drug-likeness (QED) is 0.156. The van der Waals surface area contributed by atoms with Crippen LogP contribution < -0.4 is 5.32 Å². The molecule has 0 unspecified atom stereocenters. The SMILES string of the molecule is Cc1ccoc1C(=O)Nc1cccc(C#Cc2cncc(C(=O)N=[S@](=O)(CCCN3CCN(CCOCCO)CC3)c3ccccc3)c2)c1. The van der Waals surface area contributed by atoms with E-state index in [4.69, 9.17) is 14.3 Å².